The molecule has 0 saturated heterocycles. The lowest BCUT2D eigenvalue weighted by molar-refractivity contribution is -0.219. The Kier molecular flexibility index (Phi) is 5.77. The zero-order valence-electron chi connectivity index (χ0n) is 10.5. The summed E-state index contributed by atoms with van der Waals surface area (Å²) in [5, 5.41) is 0.690. The minimum absolute atomic E-state index is 0.484. The molecule has 4 nitrogen and oxygen atoms in total. The van der Waals surface area contributed by atoms with Crippen molar-refractivity contribution in [3.8, 4) is 0 Å². The van der Waals surface area contributed by atoms with Crippen molar-refractivity contribution in [2.45, 2.75) is 25.8 Å². The molecule has 0 bridgehead atoms. The van der Waals surface area contributed by atoms with Crippen molar-refractivity contribution >= 4 is 19.7 Å². The van der Waals surface area contributed by atoms with Crippen LogP contribution in [0.3, 0.4) is 0 Å². The Morgan fingerprint density at radius 2 is 2.11 bits per heavy atom. The summed E-state index contributed by atoms with van der Waals surface area (Å²) in [5.74, 6) is -0.701. The number of carbonyl (C=O) groups is 1. The molecule has 0 aliphatic heterocycles. The smallest absolute Gasteiger partial charge is 0.405 e. The van der Waals surface area contributed by atoms with Gasteiger partial charge < -0.3 is 9.68 Å². The molecule has 0 aromatic heterocycles. The first-order valence-corrected chi connectivity index (χ1v) is 7.98. The van der Waals surface area contributed by atoms with E-state index in [0.29, 0.717) is 11.2 Å². The number of hydrogen-bond acceptors (Lipinski definition) is 4. The topological polar surface area (TPSA) is 55.8 Å². The van der Waals surface area contributed by atoms with Crippen LogP contribution >= 0.6 is 0 Å². The van der Waals surface area contributed by atoms with Gasteiger partial charge in [0, 0.05) is 6.08 Å². The summed E-state index contributed by atoms with van der Waals surface area (Å²) in [5.41, 5.74) is 0. The zero-order valence-corrected chi connectivity index (χ0v) is 11.5. The Morgan fingerprint density at radius 3 is 2.67 bits per heavy atom. The van der Waals surface area contributed by atoms with Gasteiger partial charge in [0.1, 0.15) is 0 Å². The van der Waals surface area contributed by atoms with Crippen molar-refractivity contribution < 1.29 is 19.1 Å². The molecule has 18 heavy (non-hydrogen) atoms. The van der Waals surface area contributed by atoms with Crippen LogP contribution in [0.4, 0.5) is 0 Å². The highest BCUT2D eigenvalue weighted by Crippen LogP contribution is 2.13. The summed E-state index contributed by atoms with van der Waals surface area (Å²) in [6, 6.07) is 9.54. The highest BCUT2D eigenvalue weighted by atomic mass is 28.4. The molecule has 0 fully saturated rings. The number of carbonyl (C=O) groups excluding carboxylic acids is 1. The van der Waals surface area contributed by atoms with Crippen molar-refractivity contribution in [3.63, 3.8) is 0 Å². The lowest BCUT2D eigenvalue weighted by Gasteiger charge is -2.22. The van der Waals surface area contributed by atoms with Crippen LogP contribution in [-0.2, 0) is 14.3 Å². The van der Waals surface area contributed by atoms with Gasteiger partial charge in [-0.25, -0.2) is 4.79 Å². The quantitative estimate of drug-likeness (QED) is 0.354. The maximum absolute atomic E-state index is 11.0. The molecular formula is C13H18O4Si. The molecule has 1 aromatic carbocycles. The van der Waals surface area contributed by atoms with Gasteiger partial charge in [-0.15, -0.1) is 0 Å². The Balaban J connectivity index is 2.81. The lowest BCUT2D eigenvalue weighted by atomic mass is 10.4. The van der Waals surface area contributed by atoms with E-state index in [1.807, 2.05) is 25.1 Å². The summed E-state index contributed by atoms with van der Waals surface area (Å²) in [6.07, 6.45) is 2.74. The van der Waals surface area contributed by atoms with E-state index in [-0.39, 0.29) is 0 Å². The minimum atomic E-state index is -3.22. The Morgan fingerprint density at radius 1 is 1.44 bits per heavy atom. The molecule has 0 aliphatic rings. The van der Waals surface area contributed by atoms with Crippen molar-refractivity contribution in [3.05, 3.63) is 43.0 Å². The standard InChI is InChI=1S/C13H18O4Si/c1-3-5-11-18(15,17-16-13(14)4-2)12-9-7-6-8-10-12/h4,6-10,15H,2-3,5,11H2,1H3. The molecule has 0 saturated carbocycles. The Labute approximate surface area is 108 Å². The molecule has 1 aromatic rings. The molecular weight excluding hydrogens is 248 g/mol. The van der Waals surface area contributed by atoms with E-state index in [9.17, 15) is 9.59 Å². The second-order valence-corrected chi connectivity index (χ2v) is 6.76. The van der Waals surface area contributed by atoms with E-state index < -0.39 is 14.5 Å². The molecule has 1 atom stereocenters. The molecule has 1 N–H and O–H groups in total. The maximum atomic E-state index is 11.0. The van der Waals surface area contributed by atoms with Crippen LogP contribution in [-0.4, -0.2) is 19.3 Å². The van der Waals surface area contributed by atoms with Gasteiger partial charge in [-0.1, -0.05) is 56.7 Å². The van der Waals surface area contributed by atoms with E-state index in [2.05, 4.69) is 11.5 Å². The molecule has 1 unspecified atom stereocenters. The van der Waals surface area contributed by atoms with Crippen molar-refractivity contribution in [1.29, 1.82) is 0 Å². The Bertz CT molecular complexity index is 393. The number of rotatable bonds is 7. The maximum Gasteiger partial charge on any atom is 0.420 e. The number of unbranched alkanes of at least 4 members (excludes halogenated alkanes) is 1. The molecule has 0 spiro atoms. The van der Waals surface area contributed by atoms with Gasteiger partial charge in [-0.05, 0) is 11.2 Å². The fourth-order valence-corrected chi connectivity index (χ4v) is 3.73. The van der Waals surface area contributed by atoms with E-state index in [0.717, 1.165) is 18.9 Å². The summed E-state index contributed by atoms with van der Waals surface area (Å²) in [6.45, 7) is 5.30. The average molecular weight is 266 g/mol. The summed E-state index contributed by atoms with van der Waals surface area (Å²) >= 11 is 0. The normalized spacial score (nSPS) is 13.7. The van der Waals surface area contributed by atoms with Gasteiger partial charge in [0.05, 0.1) is 0 Å². The van der Waals surface area contributed by atoms with Gasteiger partial charge >= 0.3 is 14.5 Å². The SMILES string of the molecule is C=CC(=O)OO[Si](O)(CCCC)c1ccccc1. The molecule has 0 amide bonds. The predicted molar refractivity (Wildman–Crippen MR) is 71.1 cm³/mol. The fourth-order valence-electron chi connectivity index (χ4n) is 1.49. The average Bonchev–Trinajstić information content (AvgIpc) is 2.43. The molecule has 0 heterocycles. The summed E-state index contributed by atoms with van der Waals surface area (Å²) < 4.78 is 5.04. The van der Waals surface area contributed by atoms with Gasteiger partial charge in [-0.2, -0.15) is 4.58 Å². The molecule has 98 valence electrons. The third-order valence-corrected chi connectivity index (χ3v) is 5.15. The highest BCUT2D eigenvalue weighted by molar-refractivity contribution is 6.79. The molecule has 5 heteroatoms. The predicted octanol–water partition coefficient (Wildman–Crippen LogP) is 1.79. The van der Waals surface area contributed by atoms with Crippen LogP contribution in [0.15, 0.2) is 43.0 Å². The van der Waals surface area contributed by atoms with Gasteiger partial charge in [0.15, 0.2) is 0 Å². The Hall–Kier alpha value is -1.43. The van der Waals surface area contributed by atoms with Gasteiger partial charge in [-0.3, -0.25) is 0 Å². The monoisotopic (exact) mass is 266 g/mol. The van der Waals surface area contributed by atoms with Crippen LogP contribution < -0.4 is 5.19 Å². The second-order valence-electron chi connectivity index (χ2n) is 3.94. The van der Waals surface area contributed by atoms with Crippen molar-refractivity contribution in [2.24, 2.45) is 0 Å². The van der Waals surface area contributed by atoms with Crippen molar-refractivity contribution in [1.82, 2.24) is 0 Å². The van der Waals surface area contributed by atoms with Crippen LogP contribution in [0.25, 0.3) is 0 Å². The van der Waals surface area contributed by atoms with Crippen LogP contribution in [0.1, 0.15) is 19.8 Å². The largest absolute Gasteiger partial charge is 0.420 e. The van der Waals surface area contributed by atoms with E-state index in [1.54, 1.807) is 12.1 Å². The van der Waals surface area contributed by atoms with E-state index in [1.165, 1.54) is 0 Å². The number of hydrogen-bond donors (Lipinski definition) is 1. The van der Waals surface area contributed by atoms with Gasteiger partial charge in [0.25, 0.3) is 0 Å². The van der Waals surface area contributed by atoms with E-state index in [4.69, 9.17) is 4.58 Å². The lowest BCUT2D eigenvalue weighted by Crippen LogP contribution is -2.51. The number of benzene rings is 1. The molecule has 1 rings (SSSR count). The first kappa shape index (κ1) is 14.6. The third kappa shape index (κ3) is 4.10. The fraction of sp³-hybridized carbons (Fsp3) is 0.308. The first-order chi connectivity index (χ1) is 8.62. The first-order valence-electron chi connectivity index (χ1n) is 5.92. The molecule has 0 radical (unpaired) electrons. The van der Waals surface area contributed by atoms with E-state index >= 15 is 0 Å². The minimum Gasteiger partial charge on any atom is -0.405 e. The molecule has 0 aliphatic carbocycles. The van der Waals surface area contributed by atoms with Gasteiger partial charge in [0.2, 0.25) is 0 Å². The van der Waals surface area contributed by atoms with Crippen LogP contribution in [0.2, 0.25) is 6.04 Å². The highest BCUT2D eigenvalue weighted by Gasteiger charge is 2.38. The summed E-state index contributed by atoms with van der Waals surface area (Å²) in [4.78, 5) is 26.1. The second kappa shape index (κ2) is 7.10. The van der Waals surface area contributed by atoms with Crippen molar-refractivity contribution in [2.75, 3.05) is 0 Å². The zero-order chi connectivity index (χ0) is 13.4. The summed E-state index contributed by atoms with van der Waals surface area (Å²) in [7, 11) is -3.22. The third-order valence-electron chi connectivity index (χ3n) is 2.52. The van der Waals surface area contributed by atoms with Crippen LogP contribution in [0.5, 0.6) is 0 Å². The van der Waals surface area contributed by atoms with Crippen LogP contribution in [0, 0.1) is 0 Å².